The van der Waals surface area contributed by atoms with Crippen molar-refractivity contribution >= 4 is 17.6 Å². The lowest BCUT2D eigenvalue weighted by molar-refractivity contribution is 0.0105. The Morgan fingerprint density at radius 1 is 1.06 bits per heavy atom. The molecule has 2 aromatic heterocycles. The van der Waals surface area contributed by atoms with Crippen LogP contribution in [0.1, 0.15) is 62.4 Å². The van der Waals surface area contributed by atoms with Gasteiger partial charge in [0.2, 0.25) is 0 Å². The summed E-state index contributed by atoms with van der Waals surface area (Å²) in [5.41, 5.74) is 4.06. The Bertz CT molecular complexity index is 1020. The van der Waals surface area contributed by atoms with Crippen LogP contribution >= 0.6 is 0 Å². The van der Waals surface area contributed by atoms with Crippen molar-refractivity contribution in [2.24, 2.45) is 4.99 Å². The predicted molar refractivity (Wildman–Crippen MR) is 123 cm³/mol. The van der Waals surface area contributed by atoms with E-state index in [0.717, 1.165) is 30.2 Å². The van der Waals surface area contributed by atoms with Crippen molar-refractivity contribution < 1.29 is 9.53 Å². The van der Waals surface area contributed by atoms with Crippen LogP contribution < -0.4 is 5.32 Å². The molecule has 1 unspecified atom stereocenters. The summed E-state index contributed by atoms with van der Waals surface area (Å²) in [4.78, 5) is 30.5. The van der Waals surface area contributed by atoms with Crippen LogP contribution in [0.25, 0.3) is 0 Å². The number of aromatic nitrogens is 2. The number of hydrogen-bond acceptors (Lipinski definition) is 7. The Hall–Kier alpha value is -3.00. The largest absolute Gasteiger partial charge is 0.444 e. The van der Waals surface area contributed by atoms with Gasteiger partial charge in [0, 0.05) is 55.9 Å². The van der Waals surface area contributed by atoms with Crippen LogP contribution in [0.3, 0.4) is 0 Å². The third-order valence-corrected chi connectivity index (χ3v) is 6.06. The summed E-state index contributed by atoms with van der Waals surface area (Å²) < 4.78 is 5.56. The number of hydrogen-bond donors (Lipinski definition) is 1. The second kappa shape index (κ2) is 8.16. The van der Waals surface area contributed by atoms with Crippen LogP contribution in [0.2, 0.25) is 0 Å². The molecule has 0 radical (unpaired) electrons. The van der Waals surface area contributed by atoms with E-state index < -0.39 is 5.60 Å². The van der Waals surface area contributed by atoms with E-state index in [1.165, 1.54) is 24.0 Å². The number of ether oxygens (including phenoxy) is 1. The van der Waals surface area contributed by atoms with Crippen molar-refractivity contribution in [3.63, 3.8) is 0 Å². The van der Waals surface area contributed by atoms with Gasteiger partial charge in [0.05, 0.1) is 11.9 Å². The lowest BCUT2D eigenvalue weighted by atomic mass is 9.98. The van der Waals surface area contributed by atoms with Crippen LogP contribution in [0.15, 0.2) is 41.9 Å². The summed E-state index contributed by atoms with van der Waals surface area (Å²) in [6, 6.07) is 3.93. The standard InChI is InChI=1S/C24H30N6O2/c1-24(2,3)32-23(31)30-12-10-29(11-13-30)22-20-18(16-4-5-16)14-26-15-19(20)27-21(28-22)17-6-8-25-9-7-17/h6-9,14-16,22H,4-5,10-13H2,1-3H3,(H,27,28). The highest BCUT2D eigenvalue weighted by Gasteiger charge is 2.37. The van der Waals surface area contributed by atoms with Crippen LogP contribution in [0.5, 0.6) is 0 Å². The summed E-state index contributed by atoms with van der Waals surface area (Å²) >= 11 is 0. The Balaban J connectivity index is 1.42. The van der Waals surface area contributed by atoms with Gasteiger partial charge in [-0.05, 0) is 57.2 Å². The zero-order chi connectivity index (χ0) is 22.3. The molecule has 32 heavy (non-hydrogen) atoms. The number of amidine groups is 1. The summed E-state index contributed by atoms with van der Waals surface area (Å²) in [6.07, 6.45) is 9.54. The number of rotatable bonds is 3. The van der Waals surface area contributed by atoms with Gasteiger partial charge in [-0.1, -0.05) is 0 Å². The first-order chi connectivity index (χ1) is 15.4. The van der Waals surface area contributed by atoms with Gasteiger partial charge in [-0.25, -0.2) is 9.79 Å². The number of carbonyl (C=O) groups is 1. The molecule has 1 saturated heterocycles. The number of carbonyl (C=O) groups excluding carboxylic acids is 1. The number of pyridine rings is 2. The number of amides is 1. The van der Waals surface area contributed by atoms with Gasteiger partial charge in [0.25, 0.3) is 0 Å². The highest BCUT2D eigenvalue weighted by atomic mass is 16.6. The topological polar surface area (TPSA) is 83.0 Å². The molecule has 2 aliphatic heterocycles. The minimum absolute atomic E-state index is 0.103. The maximum atomic E-state index is 12.5. The summed E-state index contributed by atoms with van der Waals surface area (Å²) in [5, 5.41) is 3.51. The number of aliphatic imine (C=N–C) groups is 1. The smallest absolute Gasteiger partial charge is 0.410 e. The van der Waals surface area contributed by atoms with Crippen LogP contribution in [0.4, 0.5) is 10.5 Å². The summed E-state index contributed by atoms with van der Waals surface area (Å²) in [5.74, 6) is 1.40. The minimum atomic E-state index is -0.488. The molecule has 2 fully saturated rings. The molecule has 168 valence electrons. The molecular weight excluding hydrogens is 404 g/mol. The van der Waals surface area contributed by atoms with Crippen molar-refractivity contribution in [2.75, 3.05) is 31.5 Å². The molecule has 1 N–H and O–H groups in total. The molecule has 1 aliphatic carbocycles. The average molecular weight is 435 g/mol. The molecule has 8 heteroatoms. The van der Waals surface area contributed by atoms with Crippen molar-refractivity contribution in [3.8, 4) is 0 Å². The number of nitrogens with zero attached hydrogens (tertiary/aromatic N) is 5. The third-order valence-electron chi connectivity index (χ3n) is 6.06. The zero-order valence-electron chi connectivity index (χ0n) is 18.9. The molecule has 1 amide bonds. The van der Waals surface area contributed by atoms with E-state index in [9.17, 15) is 4.79 Å². The highest BCUT2D eigenvalue weighted by Crippen LogP contribution is 2.47. The lowest BCUT2D eigenvalue weighted by Crippen LogP contribution is -2.51. The van der Waals surface area contributed by atoms with Gasteiger partial charge in [0.15, 0.2) is 0 Å². The van der Waals surface area contributed by atoms with Crippen molar-refractivity contribution in [1.82, 2.24) is 19.8 Å². The molecule has 5 rings (SSSR count). The Morgan fingerprint density at radius 3 is 2.44 bits per heavy atom. The first kappa shape index (κ1) is 20.9. The van der Waals surface area contributed by atoms with E-state index in [-0.39, 0.29) is 12.3 Å². The molecule has 1 atom stereocenters. The Kier molecular flexibility index (Phi) is 5.33. The van der Waals surface area contributed by atoms with Crippen molar-refractivity contribution in [3.05, 3.63) is 53.6 Å². The number of piperazine rings is 1. The van der Waals surface area contributed by atoms with Gasteiger partial charge >= 0.3 is 6.09 Å². The zero-order valence-corrected chi connectivity index (χ0v) is 18.9. The normalized spacial score (nSPS) is 21.4. The van der Waals surface area contributed by atoms with Crippen LogP contribution in [-0.2, 0) is 4.74 Å². The fourth-order valence-corrected chi connectivity index (χ4v) is 4.34. The van der Waals surface area contributed by atoms with E-state index in [4.69, 9.17) is 9.73 Å². The Morgan fingerprint density at radius 2 is 1.78 bits per heavy atom. The molecule has 0 spiro atoms. The molecule has 1 saturated carbocycles. The van der Waals surface area contributed by atoms with Gasteiger partial charge in [-0.3, -0.25) is 14.9 Å². The van der Waals surface area contributed by atoms with Crippen molar-refractivity contribution in [1.29, 1.82) is 0 Å². The second-order valence-electron chi connectivity index (χ2n) is 9.68. The van der Waals surface area contributed by atoms with Crippen molar-refractivity contribution in [2.45, 2.75) is 51.3 Å². The molecule has 0 aromatic carbocycles. The van der Waals surface area contributed by atoms with Gasteiger partial charge in [-0.2, -0.15) is 0 Å². The number of nitrogens with one attached hydrogen (secondary N) is 1. The first-order valence-electron chi connectivity index (χ1n) is 11.3. The van der Waals surface area contributed by atoms with E-state index in [1.54, 1.807) is 17.3 Å². The maximum absolute atomic E-state index is 12.5. The fourth-order valence-electron chi connectivity index (χ4n) is 4.34. The van der Waals surface area contributed by atoms with Crippen LogP contribution in [0, 0.1) is 0 Å². The second-order valence-corrected chi connectivity index (χ2v) is 9.68. The molecule has 4 heterocycles. The van der Waals surface area contributed by atoms with Gasteiger partial charge in [0.1, 0.15) is 17.6 Å². The molecule has 0 bridgehead atoms. The minimum Gasteiger partial charge on any atom is -0.444 e. The molecular formula is C24H30N6O2. The van der Waals surface area contributed by atoms with E-state index in [0.29, 0.717) is 19.0 Å². The quantitative estimate of drug-likeness (QED) is 0.792. The molecule has 2 aromatic rings. The highest BCUT2D eigenvalue weighted by molar-refractivity contribution is 6.09. The SMILES string of the molecule is CC(C)(C)OC(=O)N1CCN(C2N=C(c3ccncc3)Nc3cncc(C4CC4)c32)CC1. The fraction of sp³-hybridized carbons (Fsp3) is 0.500. The van der Waals surface area contributed by atoms with Gasteiger partial charge < -0.3 is 15.0 Å². The monoisotopic (exact) mass is 434 g/mol. The number of fused-ring (bicyclic) bond motifs is 1. The molecule has 8 nitrogen and oxygen atoms in total. The summed E-state index contributed by atoms with van der Waals surface area (Å²) in [6.45, 7) is 8.42. The average Bonchev–Trinajstić information content (AvgIpc) is 3.63. The predicted octanol–water partition coefficient (Wildman–Crippen LogP) is 3.78. The summed E-state index contributed by atoms with van der Waals surface area (Å²) in [7, 11) is 0. The van der Waals surface area contributed by atoms with E-state index in [2.05, 4.69) is 20.2 Å². The molecule has 3 aliphatic rings. The van der Waals surface area contributed by atoms with Crippen LogP contribution in [-0.4, -0.2) is 63.5 Å². The maximum Gasteiger partial charge on any atom is 0.410 e. The van der Waals surface area contributed by atoms with E-state index in [1.807, 2.05) is 45.3 Å². The number of anilines is 1. The third kappa shape index (κ3) is 4.32. The lowest BCUT2D eigenvalue weighted by Gasteiger charge is -2.40. The first-order valence-corrected chi connectivity index (χ1v) is 11.3. The Labute approximate surface area is 188 Å². The van der Waals surface area contributed by atoms with Gasteiger partial charge in [-0.15, -0.1) is 0 Å². The van der Waals surface area contributed by atoms with E-state index >= 15 is 0 Å².